The first-order chi connectivity index (χ1) is 11.7. The molecule has 1 unspecified atom stereocenters. The molecule has 25 heavy (non-hydrogen) atoms. The van der Waals surface area contributed by atoms with Crippen LogP contribution in [0.15, 0.2) is 23.1 Å². The highest BCUT2D eigenvalue weighted by atomic mass is 32.2. The highest BCUT2D eigenvalue weighted by Crippen LogP contribution is 2.28. The first-order valence-corrected chi connectivity index (χ1v) is 11.1. The Morgan fingerprint density at radius 3 is 2.68 bits per heavy atom. The molecule has 1 aromatic carbocycles. The lowest BCUT2D eigenvalue weighted by Gasteiger charge is -2.17. The van der Waals surface area contributed by atoms with Gasteiger partial charge in [-0.1, -0.05) is 0 Å². The molecule has 138 valence electrons. The predicted molar refractivity (Wildman–Crippen MR) is 91.2 cm³/mol. The van der Waals surface area contributed by atoms with Gasteiger partial charge in [-0.2, -0.15) is 0 Å². The Balaban J connectivity index is 1.83. The highest BCUT2D eigenvalue weighted by molar-refractivity contribution is 7.94. The van der Waals surface area contributed by atoms with Crippen LogP contribution in [-0.2, 0) is 29.6 Å². The smallest absolute Gasteiger partial charge is 0.242 e. The third kappa shape index (κ3) is 3.71. The molecule has 2 aliphatic rings. The van der Waals surface area contributed by atoms with Crippen molar-refractivity contribution in [1.82, 2.24) is 4.72 Å². The van der Waals surface area contributed by atoms with E-state index in [2.05, 4.69) is 4.72 Å². The van der Waals surface area contributed by atoms with Crippen LogP contribution in [0.5, 0.6) is 0 Å². The maximum absolute atomic E-state index is 12.5. The first kappa shape index (κ1) is 18.3. The third-order valence-electron chi connectivity index (χ3n) is 4.29. The number of hydrogen-bond acceptors (Lipinski definition) is 6. The van der Waals surface area contributed by atoms with Crippen LogP contribution < -0.4 is 9.03 Å². The summed E-state index contributed by atoms with van der Waals surface area (Å²) in [4.78, 5) is 11.9. The van der Waals surface area contributed by atoms with E-state index in [-0.39, 0.29) is 35.4 Å². The number of anilines is 1. The van der Waals surface area contributed by atoms with Gasteiger partial charge in [-0.25, -0.2) is 25.9 Å². The summed E-state index contributed by atoms with van der Waals surface area (Å²) in [5.74, 6) is -0.736. The fraction of sp³-hybridized carbons (Fsp3) is 0.533. The van der Waals surface area contributed by atoms with Crippen molar-refractivity contribution >= 4 is 31.6 Å². The van der Waals surface area contributed by atoms with E-state index in [4.69, 9.17) is 4.74 Å². The lowest BCUT2D eigenvalue weighted by atomic mass is 10.2. The highest BCUT2D eigenvalue weighted by Gasteiger charge is 2.36. The van der Waals surface area contributed by atoms with Crippen molar-refractivity contribution in [3.8, 4) is 0 Å². The van der Waals surface area contributed by atoms with Gasteiger partial charge in [0.1, 0.15) is 0 Å². The number of hydrogen-bond donors (Lipinski definition) is 1. The van der Waals surface area contributed by atoms with Crippen LogP contribution in [0.1, 0.15) is 24.8 Å². The Labute approximate surface area is 147 Å². The number of nitrogens with zero attached hydrogens (tertiary/aromatic N) is 1. The van der Waals surface area contributed by atoms with Crippen molar-refractivity contribution in [3.05, 3.63) is 23.8 Å². The summed E-state index contributed by atoms with van der Waals surface area (Å²) in [7, 11) is -7.42. The van der Waals surface area contributed by atoms with Gasteiger partial charge in [0.2, 0.25) is 26.0 Å². The van der Waals surface area contributed by atoms with Crippen molar-refractivity contribution in [3.63, 3.8) is 0 Å². The molecule has 0 saturated carbocycles. The number of nitrogens with one attached hydrogen (secondary N) is 1. The summed E-state index contributed by atoms with van der Waals surface area (Å²) >= 11 is 0. The Bertz CT molecular complexity index is 889. The fourth-order valence-corrected chi connectivity index (χ4v) is 5.76. The molecule has 3 rings (SSSR count). The van der Waals surface area contributed by atoms with E-state index in [9.17, 15) is 21.6 Å². The fourth-order valence-electron chi connectivity index (χ4n) is 3.02. The Hall–Kier alpha value is -1.49. The van der Waals surface area contributed by atoms with Gasteiger partial charge < -0.3 is 4.74 Å². The SMILES string of the molecule is Cc1cc(N2C(=O)CCS2(=O)=O)ccc1S(=O)(=O)NCC1CCCO1. The molecular weight excluding hydrogens is 368 g/mol. The van der Waals surface area contributed by atoms with Crippen molar-refractivity contribution in [2.45, 2.75) is 37.2 Å². The molecule has 2 heterocycles. The molecule has 1 aromatic rings. The minimum absolute atomic E-state index is 0.0540. The maximum Gasteiger partial charge on any atom is 0.242 e. The second-order valence-electron chi connectivity index (χ2n) is 6.16. The van der Waals surface area contributed by atoms with Gasteiger partial charge in [-0.15, -0.1) is 0 Å². The number of benzene rings is 1. The average Bonchev–Trinajstić information content (AvgIpc) is 3.13. The third-order valence-corrected chi connectivity index (χ3v) is 7.56. The van der Waals surface area contributed by atoms with Crippen LogP contribution in [0.3, 0.4) is 0 Å². The number of aryl methyl sites for hydroxylation is 1. The second-order valence-corrected chi connectivity index (χ2v) is 9.83. The zero-order valence-electron chi connectivity index (χ0n) is 13.8. The van der Waals surface area contributed by atoms with Crippen LogP contribution in [0.4, 0.5) is 5.69 Å². The van der Waals surface area contributed by atoms with Crippen LogP contribution in [0, 0.1) is 6.92 Å². The molecule has 0 aliphatic carbocycles. The molecule has 2 fully saturated rings. The van der Waals surface area contributed by atoms with E-state index in [1.54, 1.807) is 6.92 Å². The molecule has 8 nitrogen and oxygen atoms in total. The lowest BCUT2D eigenvalue weighted by Crippen LogP contribution is -2.32. The van der Waals surface area contributed by atoms with Crippen molar-refractivity contribution in [2.24, 2.45) is 0 Å². The number of rotatable bonds is 5. The van der Waals surface area contributed by atoms with E-state index in [1.807, 2.05) is 0 Å². The number of carbonyl (C=O) groups is 1. The molecule has 10 heteroatoms. The number of sulfonamides is 2. The van der Waals surface area contributed by atoms with E-state index < -0.39 is 26.0 Å². The van der Waals surface area contributed by atoms with Gasteiger partial charge in [0.15, 0.2) is 0 Å². The van der Waals surface area contributed by atoms with Gasteiger partial charge >= 0.3 is 0 Å². The topological polar surface area (TPSA) is 110 Å². The van der Waals surface area contributed by atoms with Crippen LogP contribution in [-0.4, -0.2) is 47.8 Å². The summed E-state index contributed by atoms with van der Waals surface area (Å²) in [5, 5.41) is 0. The zero-order valence-corrected chi connectivity index (χ0v) is 15.4. The van der Waals surface area contributed by atoms with Crippen LogP contribution in [0.25, 0.3) is 0 Å². The van der Waals surface area contributed by atoms with E-state index in [0.717, 1.165) is 17.1 Å². The molecule has 1 N–H and O–H groups in total. The molecule has 2 saturated heterocycles. The largest absolute Gasteiger partial charge is 0.377 e. The van der Waals surface area contributed by atoms with Crippen molar-refractivity contribution in [2.75, 3.05) is 23.2 Å². The molecule has 0 spiro atoms. The normalized spacial score (nSPS) is 23.3. The van der Waals surface area contributed by atoms with Gasteiger partial charge in [0.05, 0.1) is 22.4 Å². The zero-order chi connectivity index (χ0) is 18.2. The van der Waals surface area contributed by atoms with Crippen molar-refractivity contribution < 1.29 is 26.4 Å². The lowest BCUT2D eigenvalue weighted by molar-refractivity contribution is -0.116. The monoisotopic (exact) mass is 388 g/mol. The summed E-state index contributed by atoms with van der Waals surface area (Å²) in [6.07, 6.45) is 1.54. The quantitative estimate of drug-likeness (QED) is 0.787. The van der Waals surface area contributed by atoms with Gasteiger partial charge in [0, 0.05) is 19.6 Å². The van der Waals surface area contributed by atoms with Gasteiger partial charge in [-0.3, -0.25) is 4.79 Å². The van der Waals surface area contributed by atoms with Crippen molar-refractivity contribution in [1.29, 1.82) is 0 Å². The van der Waals surface area contributed by atoms with E-state index >= 15 is 0 Å². The van der Waals surface area contributed by atoms with E-state index in [1.165, 1.54) is 18.2 Å². The standard InChI is InChI=1S/C15H20N2O6S2/c1-11-9-12(17-15(18)6-8-24(17,19)20)4-5-14(11)25(21,22)16-10-13-3-2-7-23-13/h4-5,9,13,16H,2-3,6-8,10H2,1H3. The predicted octanol–water partition coefficient (Wildman–Crippen LogP) is 0.519. The minimum Gasteiger partial charge on any atom is -0.377 e. The minimum atomic E-state index is -3.74. The summed E-state index contributed by atoms with van der Waals surface area (Å²) in [6, 6.07) is 4.07. The molecule has 1 amide bonds. The summed E-state index contributed by atoms with van der Waals surface area (Å²) in [5.41, 5.74) is 0.533. The van der Waals surface area contributed by atoms with Crippen LogP contribution >= 0.6 is 0 Å². The number of ether oxygens (including phenoxy) is 1. The summed E-state index contributed by atoms with van der Waals surface area (Å²) < 4.78 is 57.6. The molecule has 0 bridgehead atoms. The maximum atomic E-state index is 12.5. The Morgan fingerprint density at radius 1 is 1.36 bits per heavy atom. The molecule has 2 aliphatic heterocycles. The Morgan fingerprint density at radius 2 is 2.12 bits per heavy atom. The summed E-state index contributed by atoms with van der Waals surface area (Å²) in [6.45, 7) is 2.40. The van der Waals surface area contributed by atoms with Gasteiger partial charge in [0.25, 0.3) is 0 Å². The Kier molecular flexibility index (Phi) is 4.89. The number of carbonyl (C=O) groups excluding carboxylic acids is 1. The van der Waals surface area contributed by atoms with Gasteiger partial charge in [-0.05, 0) is 43.5 Å². The molecular formula is C15H20N2O6S2. The average molecular weight is 388 g/mol. The van der Waals surface area contributed by atoms with Crippen LogP contribution in [0.2, 0.25) is 0 Å². The first-order valence-electron chi connectivity index (χ1n) is 7.98. The number of amides is 1. The molecule has 0 aromatic heterocycles. The van der Waals surface area contributed by atoms with E-state index in [0.29, 0.717) is 12.2 Å². The molecule has 1 atom stereocenters. The second kappa shape index (κ2) is 6.67. The molecule has 0 radical (unpaired) electrons.